The molecule has 0 spiro atoms. The molecule has 1 N–H and O–H groups in total. The van der Waals surface area contributed by atoms with Gasteiger partial charge in [-0.25, -0.2) is 0 Å². The lowest BCUT2D eigenvalue weighted by molar-refractivity contribution is 0.0948. The summed E-state index contributed by atoms with van der Waals surface area (Å²) in [4.78, 5) is 13.8. The first-order valence-corrected chi connectivity index (χ1v) is 9.25. The van der Waals surface area contributed by atoms with E-state index in [1.165, 1.54) is 4.88 Å². The Morgan fingerprint density at radius 2 is 2.00 bits per heavy atom. The van der Waals surface area contributed by atoms with Crippen molar-refractivity contribution < 1.29 is 4.79 Å². The molecule has 0 fully saturated rings. The third-order valence-corrected chi connectivity index (χ3v) is 5.27. The summed E-state index contributed by atoms with van der Waals surface area (Å²) in [6.45, 7) is 8.55. The van der Waals surface area contributed by atoms with Crippen LogP contribution in [0.15, 0.2) is 41.8 Å². The quantitative estimate of drug-likeness (QED) is 0.747. The van der Waals surface area contributed by atoms with E-state index in [9.17, 15) is 4.79 Å². The molecule has 0 aliphatic rings. The second-order valence-electron chi connectivity index (χ2n) is 6.43. The Bertz CT molecular complexity index is 880. The maximum Gasteiger partial charge on any atom is 0.251 e. The smallest absolute Gasteiger partial charge is 0.251 e. The molecule has 0 aliphatic carbocycles. The number of hydrogen-bond acceptors (Lipinski definition) is 3. The number of rotatable bonds is 5. The van der Waals surface area contributed by atoms with Crippen LogP contribution in [0.4, 0.5) is 0 Å². The van der Waals surface area contributed by atoms with E-state index in [0.717, 1.165) is 28.1 Å². The molecule has 0 radical (unpaired) electrons. The third kappa shape index (κ3) is 3.82. The molecular formula is C20H23N3OS. The summed E-state index contributed by atoms with van der Waals surface area (Å²) < 4.78 is 2.00. The number of carbonyl (C=O) groups is 1. The first-order valence-electron chi connectivity index (χ1n) is 8.37. The number of aromatic nitrogens is 2. The molecule has 5 heteroatoms. The molecule has 2 aromatic heterocycles. The van der Waals surface area contributed by atoms with Crippen molar-refractivity contribution in [2.45, 2.75) is 33.7 Å². The van der Waals surface area contributed by atoms with Gasteiger partial charge in [0.1, 0.15) is 6.04 Å². The van der Waals surface area contributed by atoms with Crippen LogP contribution in [-0.2, 0) is 0 Å². The Morgan fingerprint density at radius 3 is 2.60 bits per heavy atom. The van der Waals surface area contributed by atoms with Crippen molar-refractivity contribution in [1.29, 1.82) is 0 Å². The zero-order chi connectivity index (χ0) is 18.0. The molecule has 1 aromatic carbocycles. The number of nitrogens with zero attached hydrogens (tertiary/aromatic N) is 2. The van der Waals surface area contributed by atoms with Gasteiger partial charge in [-0.3, -0.25) is 9.48 Å². The van der Waals surface area contributed by atoms with Crippen LogP contribution in [-0.4, -0.2) is 22.2 Å². The minimum atomic E-state index is -0.0411. The van der Waals surface area contributed by atoms with E-state index in [-0.39, 0.29) is 11.9 Å². The van der Waals surface area contributed by atoms with Gasteiger partial charge in [-0.2, -0.15) is 5.10 Å². The van der Waals surface area contributed by atoms with Crippen molar-refractivity contribution in [3.63, 3.8) is 0 Å². The molecule has 25 heavy (non-hydrogen) atoms. The van der Waals surface area contributed by atoms with E-state index in [1.54, 1.807) is 11.3 Å². The van der Waals surface area contributed by atoms with Crippen LogP contribution in [0.1, 0.15) is 43.8 Å². The van der Waals surface area contributed by atoms with Crippen molar-refractivity contribution in [2.24, 2.45) is 0 Å². The SMILES string of the molecule is Cc1ccc(C(=O)NCC(c2cccs2)n2nc(C)cc2C)c(C)c1. The van der Waals surface area contributed by atoms with Crippen molar-refractivity contribution in [3.8, 4) is 0 Å². The number of nitrogens with one attached hydrogen (secondary N) is 1. The molecule has 1 unspecified atom stereocenters. The fraction of sp³-hybridized carbons (Fsp3) is 0.300. The summed E-state index contributed by atoms with van der Waals surface area (Å²) in [7, 11) is 0. The van der Waals surface area contributed by atoms with Crippen LogP contribution in [0.3, 0.4) is 0 Å². The van der Waals surface area contributed by atoms with Gasteiger partial charge in [0.15, 0.2) is 0 Å². The summed E-state index contributed by atoms with van der Waals surface area (Å²) in [6.07, 6.45) is 0. The molecule has 1 atom stereocenters. The van der Waals surface area contributed by atoms with Gasteiger partial charge >= 0.3 is 0 Å². The summed E-state index contributed by atoms with van der Waals surface area (Å²) >= 11 is 1.68. The highest BCUT2D eigenvalue weighted by atomic mass is 32.1. The molecular weight excluding hydrogens is 330 g/mol. The Morgan fingerprint density at radius 1 is 1.20 bits per heavy atom. The standard InChI is InChI=1S/C20H23N3OS/c1-13-7-8-17(14(2)10-13)20(24)21-12-18(19-6-5-9-25-19)23-16(4)11-15(3)22-23/h5-11,18H,12H2,1-4H3,(H,21,24). The zero-order valence-corrected chi connectivity index (χ0v) is 15.9. The van der Waals surface area contributed by atoms with E-state index >= 15 is 0 Å². The van der Waals surface area contributed by atoms with Gasteiger partial charge in [-0.1, -0.05) is 23.8 Å². The van der Waals surface area contributed by atoms with Crippen LogP contribution in [0, 0.1) is 27.7 Å². The second-order valence-corrected chi connectivity index (χ2v) is 7.41. The first-order chi connectivity index (χ1) is 12.0. The lowest BCUT2D eigenvalue weighted by Gasteiger charge is -2.19. The Labute approximate surface area is 152 Å². The largest absolute Gasteiger partial charge is 0.349 e. The lowest BCUT2D eigenvalue weighted by atomic mass is 10.1. The predicted molar refractivity (Wildman–Crippen MR) is 102 cm³/mol. The fourth-order valence-corrected chi connectivity index (χ4v) is 3.91. The first kappa shape index (κ1) is 17.4. The average molecular weight is 353 g/mol. The highest BCUT2D eigenvalue weighted by molar-refractivity contribution is 7.10. The summed E-state index contributed by atoms with van der Waals surface area (Å²) in [5, 5.41) is 9.76. The van der Waals surface area contributed by atoms with Crippen LogP contribution in [0.25, 0.3) is 0 Å². The van der Waals surface area contributed by atoms with Gasteiger partial charge < -0.3 is 5.32 Å². The monoisotopic (exact) mass is 353 g/mol. The number of carbonyl (C=O) groups excluding carboxylic acids is 1. The van der Waals surface area contributed by atoms with Crippen molar-refractivity contribution >= 4 is 17.2 Å². The molecule has 130 valence electrons. The van der Waals surface area contributed by atoms with Crippen LogP contribution >= 0.6 is 11.3 Å². The van der Waals surface area contributed by atoms with E-state index in [0.29, 0.717) is 6.54 Å². The highest BCUT2D eigenvalue weighted by Crippen LogP contribution is 2.24. The normalized spacial score (nSPS) is 12.2. The molecule has 0 bridgehead atoms. The molecule has 3 aromatic rings. The van der Waals surface area contributed by atoms with Gasteiger partial charge in [0.25, 0.3) is 5.91 Å². The predicted octanol–water partition coefficient (Wildman–Crippen LogP) is 4.20. The molecule has 3 rings (SSSR count). The maximum atomic E-state index is 12.6. The minimum absolute atomic E-state index is 0.00315. The zero-order valence-electron chi connectivity index (χ0n) is 15.0. The second kappa shape index (κ2) is 7.23. The van der Waals surface area contributed by atoms with Crippen LogP contribution in [0.5, 0.6) is 0 Å². The lowest BCUT2D eigenvalue weighted by Crippen LogP contribution is -2.32. The maximum absolute atomic E-state index is 12.6. The van der Waals surface area contributed by atoms with Crippen molar-refractivity contribution in [1.82, 2.24) is 15.1 Å². The van der Waals surface area contributed by atoms with Crippen LogP contribution in [0.2, 0.25) is 0 Å². The van der Waals surface area contributed by atoms with Crippen molar-refractivity contribution in [2.75, 3.05) is 6.54 Å². The van der Waals surface area contributed by atoms with Gasteiger partial charge in [-0.15, -0.1) is 11.3 Å². The molecule has 1 amide bonds. The van der Waals surface area contributed by atoms with Gasteiger partial charge in [0, 0.05) is 22.7 Å². The van der Waals surface area contributed by atoms with E-state index < -0.39 is 0 Å². The fourth-order valence-electron chi connectivity index (χ4n) is 3.10. The van der Waals surface area contributed by atoms with E-state index in [4.69, 9.17) is 0 Å². The Hall–Kier alpha value is -2.40. The minimum Gasteiger partial charge on any atom is -0.349 e. The molecule has 4 nitrogen and oxygen atoms in total. The summed E-state index contributed by atoms with van der Waals surface area (Å²) in [5.41, 5.74) is 4.96. The number of amides is 1. The van der Waals surface area contributed by atoms with Gasteiger partial charge in [-0.05, 0) is 56.8 Å². The van der Waals surface area contributed by atoms with Crippen LogP contribution < -0.4 is 5.32 Å². The molecule has 0 aliphatic heterocycles. The van der Waals surface area contributed by atoms with Crippen molar-refractivity contribution in [3.05, 3.63) is 74.7 Å². The van der Waals surface area contributed by atoms with Gasteiger partial charge in [0.05, 0.1) is 5.69 Å². The van der Waals surface area contributed by atoms with E-state index in [1.807, 2.05) is 56.6 Å². The van der Waals surface area contributed by atoms with Gasteiger partial charge in [0.2, 0.25) is 0 Å². The Kier molecular flexibility index (Phi) is 5.04. The average Bonchev–Trinajstić information content (AvgIpc) is 3.18. The molecule has 2 heterocycles. The molecule has 0 saturated carbocycles. The number of hydrogen-bond donors (Lipinski definition) is 1. The topological polar surface area (TPSA) is 46.9 Å². The number of aryl methyl sites for hydroxylation is 4. The molecule has 0 saturated heterocycles. The Balaban J connectivity index is 1.82. The number of thiophene rings is 1. The third-order valence-electron chi connectivity index (χ3n) is 4.29. The number of benzene rings is 1. The highest BCUT2D eigenvalue weighted by Gasteiger charge is 2.20. The summed E-state index contributed by atoms with van der Waals surface area (Å²) in [6, 6.07) is 12.1. The summed E-state index contributed by atoms with van der Waals surface area (Å²) in [5.74, 6) is -0.0411. The van der Waals surface area contributed by atoms with E-state index in [2.05, 4.69) is 27.9 Å².